The van der Waals surface area contributed by atoms with Crippen LogP contribution in [0.15, 0.2) is 30.5 Å². The number of amides is 1. The number of nitrogens with zero attached hydrogens (tertiary/aromatic N) is 5. The maximum atomic E-state index is 17.5. The highest BCUT2D eigenvalue weighted by Gasteiger charge is 2.46. The van der Waals surface area contributed by atoms with Gasteiger partial charge in [0.05, 0.1) is 36.2 Å². The number of ether oxygens (including phenoxy) is 2. The van der Waals surface area contributed by atoms with Crippen molar-refractivity contribution in [1.82, 2.24) is 19.9 Å². The van der Waals surface area contributed by atoms with Crippen LogP contribution in [0, 0.1) is 35.4 Å². The van der Waals surface area contributed by atoms with Crippen LogP contribution < -0.4 is 9.64 Å². The molecule has 304 valence electrons. The lowest BCUT2D eigenvalue weighted by Crippen LogP contribution is -2.57. The Hall–Kier alpha value is -4.34. The molecule has 2 saturated heterocycles. The molecule has 3 aliphatic rings. The third-order valence-electron chi connectivity index (χ3n) is 12.7. The zero-order valence-electron chi connectivity index (χ0n) is 35.1. The first-order valence-electron chi connectivity index (χ1n) is 20.5. The summed E-state index contributed by atoms with van der Waals surface area (Å²) in [7, 11) is -2.25. The average Bonchev–Trinajstić information content (AvgIpc) is 3.87. The van der Waals surface area contributed by atoms with E-state index in [0.29, 0.717) is 51.9 Å². The van der Waals surface area contributed by atoms with Crippen LogP contribution in [0.4, 0.5) is 19.4 Å². The van der Waals surface area contributed by atoms with Gasteiger partial charge in [0.1, 0.15) is 36.5 Å². The van der Waals surface area contributed by atoms with Crippen molar-refractivity contribution in [2.24, 2.45) is 5.41 Å². The molecule has 9 nitrogen and oxygen atoms in total. The molecule has 2 atom stereocenters. The molecule has 1 saturated carbocycles. The first-order valence-corrected chi connectivity index (χ1v) is 22.7. The lowest BCUT2D eigenvalue weighted by Gasteiger charge is -2.42. The van der Waals surface area contributed by atoms with Gasteiger partial charge in [-0.1, -0.05) is 65.7 Å². The van der Waals surface area contributed by atoms with Gasteiger partial charge in [-0.15, -0.1) is 5.54 Å². The fourth-order valence-electron chi connectivity index (χ4n) is 9.46. The molecule has 3 fully saturated rings. The van der Waals surface area contributed by atoms with Gasteiger partial charge >= 0.3 is 12.1 Å². The van der Waals surface area contributed by atoms with Gasteiger partial charge < -0.3 is 19.5 Å². The van der Waals surface area contributed by atoms with Crippen LogP contribution in [-0.2, 0) is 4.74 Å². The predicted molar refractivity (Wildman–Crippen MR) is 224 cm³/mol. The summed E-state index contributed by atoms with van der Waals surface area (Å²) < 4.78 is 45.6. The summed E-state index contributed by atoms with van der Waals surface area (Å²) in [5, 5.41) is 11.7. The Morgan fingerprint density at radius 3 is 2.21 bits per heavy atom. The maximum absolute atomic E-state index is 17.5. The van der Waals surface area contributed by atoms with Crippen LogP contribution in [0.5, 0.6) is 6.01 Å². The summed E-state index contributed by atoms with van der Waals surface area (Å²) in [6.45, 7) is 21.9. The Kier molecular flexibility index (Phi) is 10.8. The van der Waals surface area contributed by atoms with Crippen molar-refractivity contribution in [2.45, 2.75) is 129 Å². The Bertz CT molecular complexity index is 2230. The summed E-state index contributed by atoms with van der Waals surface area (Å²) >= 11 is 0. The molecule has 2 aromatic heterocycles. The number of carbonyl (C=O) groups is 1. The highest BCUT2D eigenvalue weighted by Crippen LogP contribution is 2.46. The van der Waals surface area contributed by atoms with Crippen LogP contribution in [0.2, 0.25) is 16.6 Å². The third kappa shape index (κ3) is 7.46. The number of carbonyl (C=O) groups excluding carboxylic acids is 1. The molecule has 2 unspecified atom stereocenters. The average molecular weight is 798 g/mol. The maximum Gasteiger partial charge on any atom is 0.410 e. The second-order valence-corrected chi connectivity index (χ2v) is 24.1. The number of anilines is 1. The van der Waals surface area contributed by atoms with E-state index in [1.54, 1.807) is 12.3 Å². The number of aromatic nitrogens is 3. The second kappa shape index (κ2) is 15.1. The van der Waals surface area contributed by atoms with Crippen LogP contribution in [-0.4, -0.2) is 83.1 Å². The molecule has 4 heterocycles. The van der Waals surface area contributed by atoms with Gasteiger partial charge in [0.2, 0.25) is 0 Å². The van der Waals surface area contributed by atoms with E-state index in [1.807, 2.05) is 44.7 Å². The minimum Gasteiger partial charge on any atom is -0.463 e. The minimum atomic E-state index is -2.25. The van der Waals surface area contributed by atoms with Crippen LogP contribution in [0.3, 0.4) is 0 Å². The first-order chi connectivity index (χ1) is 26.9. The third-order valence-corrected chi connectivity index (χ3v) is 19.0. The second-order valence-electron chi connectivity index (χ2n) is 18.6. The van der Waals surface area contributed by atoms with Crippen molar-refractivity contribution in [3.63, 3.8) is 0 Å². The fourth-order valence-corrected chi connectivity index (χ4v) is 14.7. The lowest BCUT2D eigenvalue weighted by atomic mass is 9.92. The van der Waals surface area contributed by atoms with Gasteiger partial charge in [0.15, 0.2) is 5.82 Å². The van der Waals surface area contributed by atoms with Gasteiger partial charge in [-0.25, -0.2) is 13.6 Å². The van der Waals surface area contributed by atoms with Crippen LogP contribution in [0.1, 0.15) is 99.1 Å². The molecule has 2 aromatic carbocycles. The number of benzene rings is 2. The molecule has 1 N–H and O–H groups in total. The number of aryl methyl sites for hydroxylation is 1. The van der Waals surface area contributed by atoms with Gasteiger partial charge in [-0.2, -0.15) is 9.97 Å². The van der Waals surface area contributed by atoms with Crippen molar-refractivity contribution < 1.29 is 28.2 Å². The molecule has 7 rings (SSSR count). The van der Waals surface area contributed by atoms with E-state index in [4.69, 9.17) is 19.4 Å². The van der Waals surface area contributed by atoms with Crippen LogP contribution >= 0.6 is 0 Å². The Labute approximate surface area is 336 Å². The molecular formula is C45H57F2N5O4Si. The summed E-state index contributed by atoms with van der Waals surface area (Å²) in [6, 6.07) is 6.73. The monoisotopic (exact) mass is 797 g/mol. The predicted octanol–water partition coefficient (Wildman–Crippen LogP) is 9.74. The van der Waals surface area contributed by atoms with Crippen molar-refractivity contribution >= 4 is 41.7 Å². The smallest absolute Gasteiger partial charge is 0.410 e. The van der Waals surface area contributed by atoms with Crippen molar-refractivity contribution in [3.05, 3.63) is 53.2 Å². The topological polar surface area (TPSA) is 101 Å². The summed E-state index contributed by atoms with van der Waals surface area (Å²) in [6.07, 6.45) is 4.51. The molecule has 1 aliphatic carbocycles. The molecule has 1 amide bonds. The van der Waals surface area contributed by atoms with E-state index in [1.165, 1.54) is 6.07 Å². The van der Waals surface area contributed by atoms with Gasteiger partial charge in [-0.05, 0) is 87.0 Å². The van der Waals surface area contributed by atoms with Gasteiger partial charge in [0, 0.05) is 35.7 Å². The number of fused-ring (bicyclic) bond motifs is 4. The van der Waals surface area contributed by atoms with E-state index in [2.05, 4.69) is 62.9 Å². The van der Waals surface area contributed by atoms with E-state index in [9.17, 15) is 9.90 Å². The molecule has 12 heteroatoms. The zero-order chi connectivity index (χ0) is 41.2. The summed E-state index contributed by atoms with van der Waals surface area (Å²) in [5.74, 6) is 2.69. The number of hydrogen-bond acceptors (Lipinski definition) is 8. The van der Waals surface area contributed by atoms with Crippen molar-refractivity contribution in [3.8, 4) is 28.7 Å². The largest absolute Gasteiger partial charge is 0.463 e. The van der Waals surface area contributed by atoms with E-state index in [-0.39, 0.29) is 59.6 Å². The lowest BCUT2D eigenvalue weighted by molar-refractivity contribution is 0.0122. The summed E-state index contributed by atoms with van der Waals surface area (Å²) in [4.78, 5) is 31.5. The molecular weight excluding hydrogens is 741 g/mol. The van der Waals surface area contributed by atoms with Gasteiger partial charge in [-0.3, -0.25) is 9.88 Å². The Morgan fingerprint density at radius 1 is 1.00 bits per heavy atom. The highest BCUT2D eigenvalue weighted by molar-refractivity contribution is 6.90. The Morgan fingerprint density at radius 2 is 1.63 bits per heavy atom. The highest BCUT2D eigenvalue weighted by atomic mass is 28.3. The fraction of sp³-hybridized carbons (Fsp3) is 0.556. The minimum absolute atomic E-state index is 0.000194. The first kappa shape index (κ1) is 40.8. The quantitative estimate of drug-likeness (QED) is 0.132. The van der Waals surface area contributed by atoms with E-state index >= 15 is 8.78 Å². The molecule has 57 heavy (non-hydrogen) atoms. The molecule has 4 aromatic rings. The molecule has 2 aliphatic heterocycles. The number of pyridine rings is 1. The number of aliphatic hydroxyl groups is 1. The SMILES string of the molecule is Cc1ccc2ccc(F)c(C#C[Si](C(C)C)(C(C)C)C(C)C)c2c1-c1ncc2c(N3CC4CCC(C3)N4C(=O)OC(C)(C)C)nc(OCC3(CO)CC3)nc2c1F. The van der Waals surface area contributed by atoms with E-state index in [0.717, 1.165) is 36.6 Å². The number of piperazine rings is 1. The number of aliphatic hydroxyl groups excluding tert-OH is 1. The van der Waals surface area contributed by atoms with Crippen molar-refractivity contribution in [1.29, 1.82) is 0 Å². The van der Waals surface area contributed by atoms with E-state index < -0.39 is 25.3 Å². The Balaban J connectivity index is 1.38. The van der Waals surface area contributed by atoms with Crippen LogP contribution in [0.25, 0.3) is 32.9 Å². The summed E-state index contributed by atoms with van der Waals surface area (Å²) in [5.41, 5.74) is 5.24. The zero-order valence-corrected chi connectivity index (χ0v) is 36.1. The number of rotatable bonds is 9. The molecule has 0 radical (unpaired) electrons. The molecule has 0 spiro atoms. The standard InChI is InChI=1S/C45H57F2N5O4Si/c1-26(2)57(27(3)4,28(5)6)20-17-33-35(46)16-13-30-12-11-29(7)36(37(30)33)40-38(47)39-34(21-48-40)41(50-42(49-39)55-25-45(24-53)18-19-45)51-22-31-14-15-32(23-51)52(31)43(54)56-44(8,9)10/h11-13,16,21,26-28,31-32,53H,14-15,18-19,22-25H2,1-10H3. The molecule has 2 bridgehead atoms. The normalized spacial score (nSPS) is 19.2. The van der Waals surface area contributed by atoms with Crippen molar-refractivity contribution in [2.75, 3.05) is 31.2 Å². The number of hydrogen-bond donors (Lipinski definition) is 1. The van der Waals surface area contributed by atoms with Gasteiger partial charge in [0.25, 0.3) is 0 Å². The number of halogens is 2.